The first kappa shape index (κ1) is 22.6. The van der Waals surface area contributed by atoms with Gasteiger partial charge in [-0.05, 0) is 67.6 Å². The molecule has 1 N–H and O–H groups in total. The molecule has 0 radical (unpaired) electrons. The predicted molar refractivity (Wildman–Crippen MR) is 131 cm³/mol. The van der Waals surface area contributed by atoms with E-state index in [2.05, 4.69) is 5.32 Å². The maximum Gasteiger partial charge on any atom is 0.243 e. The van der Waals surface area contributed by atoms with E-state index in [-0.39, 0.29) is 12.5 Å². The Kier molecular flexibility index (Phi) is 5.70. The number of carbonyl (C=O) groups excluding carboxylic acids is 1. The lowest BCUT2D eigenvalue weighted by atomic mass is 9.93. The number of fused-ring (bicyclic) bond motifs is 1. The summed E-state index contributed by atoms with van der Waals surface area (Å²) in [6, 6.07) is 20.4. The predicted octanol–water partition coefficient (Wildman–Crippen LogP) is 4.42. The lowest BCUT2D eigenvalue weighted by Gasteiger charge is -2.28. The van der Waals surface area contributed by atoms with E-state index in [1.807, 2.05) is 61.5 Å². The van der Waals surface area contributed by atoms with E-state index in [4.69, 9.17) is 4.74 Å². The molecule has 3 aromatic carbocycles. The minimum absolute atomic E-state index is 0.0584. The summed E-state index contributed by atoms with van der Waals surface area (Å²) in [5, 5.41) is 3.07. The Bertz CT molecular complexity index is 1350. The third-order valence-electron chi connectivity index (χ3n) is 6.91. The van der Waals surface area contributed by atoms with Gasteiger partial charge in [-0.25, -0.2) is 8.42 Å². The molecule has 0 spiro atoms. The van der Waals surface area contributed by atoms with Crippen LogP contribution < -0.4 is 10.1 Å². The number of hydrogen-bond acceptors (Lipinski definition) is 4. The summed E-state index contributed by atoms with van der Waals surface area (Å²) >= 11 is 0. The van der Waals surface area contributed by atoms with Crippen molar-refractivity contribution in [2.75, 3.05) is 19.0 Å². The van der Waals surface area contributed by atoms with Gasteiger partial charge < -0.3 is 10.1 Å². The van der Waals surface area contributed by atoms with Crippen LogP contribution >= 0.6 is 0 Å². The van der Waals surface area contributed by atoms with Crippen molar-refractivity contribution in [3.8, 4) is 5.75 Å². The topological polar surface area (TPSA) is 75.7 Å². The van der Waals surface area contributed by atoms with Gasteiger partial charge in [0, 0.05) is 24.3 Å². The van der Waals surface area contributed by atoms with E-state index in [0.29, 0.717) is 23.5 Å². The fraction of sp³-hybridized carbons (Fsp3) is 0.296. The Morgan fingerprint density at radius 3 is 2.44 bits per heavy atom. The highest BCUT2D eigenvalue weighted by molar-refractivity contribution is 7.89. The Balaban J connectivity index is 1.36. The minimum Gasteiger partial charge on any atom is -0.496 e. The monoisotopic (exact) mass is 476 g/mol. The summed E-state index contributed by atoms with van der Waals surface area (Å²) in [6.45, 7) is 2.65. The SMILES string of the molecule is COc1ccccc1C1(C(=O)Nc2ccc3c(c2)CN(S(=O)(=O)c2ccc(C)cc2)CC3)CC1. The van der Waals surface area contributed by atoms with Crippen LogP contribution in [0.1, 0.15) is 35.1 Å². The number of nitrogens with one attached hydrogen (secondary N) is 1. The fourth-order valence-electron chi connectivity index (χ4n) is 4.71. The molecule has 1 amide bonds. The fourth-order valence-corrected chi connectivity index (χ4v) is 6.13. The van der Waals surface area contributed by atoms with Gasteiger partial charge in [-0.3, -0.25) is 4.79 Å². The summed E-state index contributed by atoms with van der Waals surface area (Å²) < 4.78 is 33.4. The van der Waals surface area contributed by atoms with Crippen molar-refractivity contribution in [1.82, 2.24) is 4.31 Å². The van der Waals surface area contributed by atoms with E-state index < -0.39 is 15.4 Å². The molecule has 0 unspecified atom stereocenters. The number of hydrogen-bond donors (Lipinski definition) is 1. The Labute approximate surface area is 200 Å². The molecule has 1 saturated carbocycles. The van der Waals surface area contributed by atoms with E-state index in [1.165, 1.54) is 4.31 Å². The molecule has 1 fully saturated rings. The van der Waals surface area contributed by atoms with Crippen LogP contribution in [0.15, 0.2) is 71.6 Å². The molecule has 176 valence electrons. The molecule has 2 aliphatic rings. The molecule has 1 heterocycles. The molecule has 0 saturated heterocycles. The van der Waals surface area contributed by atoms with Gasteiger partial charge in [0.25, 0.3) is 0 Å². The normalized spacial score (nSPS) is 17.0. The van der Waals surface area contributed by atoms with Crippen molar-refractivity contribution in [1.29, 1.82) is 0 Å². The van der Waals surface area contributed by atoms with Crippen LogP contribution in [0.5, 0.6) is 5.75 Å². The van der Waals surface area contributed by atoms with Gasteiger partial charge >= 0.3 is 0 Å². The average Bonchev–Trinajstić information content (AvgIpc) is 3.66. The maximum absolute atomic E-state index is 13.3. The Hall–Kier alpha value is -3.16. The van der Waals surface area contributed by atoms with Crippen LogP contribution in [0.4, 0.5) is 5.69 Å². The zero-order chi connectivity index (χ0) is 23.9. The molecular formula is C27H28N2O4S. The third-order valence-corrected chi connectivity index (χ3v) is 8.77. The summed E-state index contributed by atoms with van der Waals surface area (Å²) in [4.78, 5) is 13.6. The summed E-state index contributed by atoms with van der Waals surface area (Å²) in [5.41, 5.74) is 4.05. The smallest absolute Gasteiger partial charge is 0.243 e. The van der Waals surface area contributed by atoms with Gasteiger partial charge in [-0.1, -0.05) is 42.0 Å². The van der Waals surface area contributed by atoms with Crippen molar-refractivity contribution in [2.24, 2.45) is 0 Å². The van der Waals surface area contributed by atoms with Crippen LogP contribution in [-0.2, 0) is 33.2 Å². The largest absolute Gasteiger partial charge is 0.496 e. The first-order valence-corrected chi connectivity index (χ1v) is 12.9. The van der Waals surface area contributed by atoms with Gasteiger partial charge in [-0.2, -0.15) is 4.31 Å². The van der Waals surface area contributed by atoms with Crippen LogP contribution in [0.3, 0.4) is 0 Å². The van der Waals surface area contributed by atoms with Crippen LogP contribution in [0, 0.1) is 6.92 Å². The van der Waals surface area contributed by atoms with Gasteiger partial charge in [-0.15, -0.1) is 0 Å². The number of sulfonamides is 1. The van der Waals surface area contributed by atoms with Crippen LogP contribution in [0.2, 0.25) is 0 Å². The van der Waals surface area contributed by atoms with Crippen LogP contribution in [-0.4, -0.2) is 32.3 Å². The van der Waals surface area contributed by atoms with E-state index in [0.717, 1.165) is 40.8 Å². The number of rotatable bonds is 6. The van der Waals surface area contributed by atoms with Crippen molar-refractivity contribution in [3.63, 3.8) is 0 Å². The number of anilines is 1. The van der Waals surface area contributed by atoms with E-state index >= 15 is 0 Å². The van der Waals surface area contributed by atoms with E-state index in [9.17, 15) is 13.2 Å². The molecule has 1 aliphatic carbocycles. The molecule has 1 aliphatic heterocycles. The van der Waals surface area contributed by atoms with Crippen molar-refractivity contribution in [2.45, 2.75) is 43.0 Å². The molecule has 6 nitrogen and oxygen atoms in total. The number of nitrogens with zero attached hydrogens (tertiary/aromatic N) is 1. The molecule has 34 heavy (non-hydrogen) atoms. The highest BCUT2D eigenvalue weighted by Crippen LogP contribution is 2.52. The third kappa shape index (κ3) is 3.99. The molecular weight excluding hydrogens is 448 g/mol. The number of methoxy groups -OCH3 is 1. The lowest BCUT2D eigenvalue weighted by molar-refractivity contribution is -0.118. The van der Waals surface area contributed by atoms with Crippen molar-refractivity contribution in [3.05, 3.63) is 89.0 Å². The van der Waals surface area contributed by atoms with Gasteiger partial charge in [0.2, 0.25) is 15.9 Å². The molecule has 0 bridgehead atoms. The van der Waals surface area contributed by atoms with Gasteiger partial charge in [0.15, 0.2) is 0 Å². The second kappa shape index (κ2) is 8.56. The molecule has 5 rings (SSSR count). The number of carbonyl (C=O) groups is 1. The first-order valence-electron chi connectivity index (χ1n) is 11.5. The molecule has 7 heteroatoms. The number of amides is 1. The summed E-state index contributed by atoms with van der Waals surface area (Å²) in [5.74, 6) is 0.662. The second-order valence-electron chi connectivity index (χ2n) is 9.12. The quantitative estimate of drug-likeness (QED) is 0.571. The molecule has 0 atom stereocenters. The minimum atomic E-state index is -3.58. The number of ether oxygens (including phenoxy) is 1. The lowest BCUT2D eigenvalue weighted by Crippen LogP contribution is -2.36. The highest BCUT2D eigenvalue weighted by atomic mass is 32.2. The number of para-hydroxylation sites is 1. The Morgan fingerprint density at radius 2 is 1.74 bits per heavy atom. The van der Waals surface area contributed by atoms with Gasteiger partial charge in [0.1, 0.15) is 5.75 Å². The maximum atomic E-state index is 13.3. The van der Waals surface area contributed by atoms with E-state index in [1.54, 1.807) is 19.2 Å². The van der Waals surface area contributed by atoms with Crippen molar-refractivity contribution >= 4 is 21.6 Å². The standard InChI is InChI=1S/C27H28N2O4S/c1-19-7-11-23(12-8-19)34(31,32)29-16-13-20-9-10-22(17-21(20)18-29)28-26(30)27(14-15-27)24-5-3-4-6-25(24)33-2/h3-12,17H,13-16,18H2,1-2H3,(H,28,30). The highest BCUT2D eigenvalue weighted by Gasteiger charge is 2.52. The van der Waals surface area contributed by atoms with Crippen LogP contribution in [0.25, 0.3) is 0 Å². The van der Waals surface area contributed by atoms with Gasteiger partial charge in [0.05, 0.1) is 17.4 Å². The number of benzene rings is 3. The second-order valence-corrected chi connectivity index (χ2v) is 11.1. The first-order chi connectivity index (χ1) is 16.3. The summed E-state index contributed by atoms with van der Waals surface area (Å²) in [6.07, 6.45) is 2.18. The number of aryl methyl sites for hydroxylation is 1. The average molecular weight is 477 g/mol. The molecule has 0 aromatic heterocycles. The zero-order valence-corrected chi connectivity index (χ0v) is 20.2. The summed E-state index contributed by atoms with van der Waals surface area (Å²) in [7, 11) is -1.96. The zero-order valence-electron chi connectivity index (χ0n) is 19.4. The van der Waals surface area contributed by atoms with Crippen molar-refractivity contribution < 1.29 is 17.9 Å². The Morgan fingerprint density at radius 1 is 1.00 bits per heavy atom. The molecule has 3 aromatic rings.